The molecule has 0 aromatic heterocycles. The number of carbonyl (C=O) groups is 2. The van der Waals surface area contributed by atoms with E-state index in [1.807, 2.05) is 0 Å². The third-order valence-corrected chi connectivity index (χ3v) is 1.78. The second-order valence-electron chi connectivity index (χ2n) is 2.62. The van der Waals surface area contributed by atoms with E-state index in [-0.39, 0.29) is 13.0 Å². The highest BCUT2D eigenvalue weighted by Gasteiger charge is 2.39. The molecule has 0 aromatic carbocycles. The van der Waals surface area contributed by atoms with Crippen molar-refractivity contribution in [1.29, 1.82) is 0 Å². The van der Waals surface area contributed by atoms with Crippen LogP contribution in [0, 0.1) is 0 Å². The SMILES string of the molecule is O=C(O)[C@@H]1C[C@@H](F)CN1C(=O)O. The Bertz CT molecular complexity index is 198. The molecule has 1 aliphatic rings. The fraction of sp³-hybridized carbons (Fsp3) is 0.667. The Labute approximate surface area is 67.4 Å². The number of likely N-dealkylation sites (tertiary alicyclic amines) is 1. The predicted octanol–water partition coefficient (Wildman–Crippen LogP) is 0.161. The molecule has 1 heterocycles. The van der Waals surface area contributed by atoms with E-state index in [0.29, 0.717) is 4.90 Å². The van der Waals surface area contributed by atoms with E-state index in [1.54, 1.807) is 0 Å². The topological polar surface area (TPSA) is 77.8 Å². The average molecular weight is 177 g/mol. The van der Waals surface area contributed by atoms with Crippen LogP contribution in [0.2, 0.25) is 0 Å². The van der Waals surface area contributed by atoms with E-state index < -0.39 is 24.3 Å². The summed E-state index contributed by atoms with van der Waals surface area (Å²) in [6.07, 6.45) is -2.99. The smallest absolute Gasteiger partial charge is 0.408 e. The van der Waals surface area contributed by atoms with Gasteiger partial charge in [0.15, 0.2) is 0 Å². The fourth-order valence-electron chi connectivity index (χ4n) is 1.23. The Morgan fingerprint density at radius 2 is 2.00 bits per heavy atom. The van der Waals surface area contributed by atoms with Gasteiger partial charge in [-0.25, -0.2) is 14.0 Å². The van der Waals surface area contributed by atoms with Crippen LogP contribution in [-0.2, 0) is 4.79 Å². The molecule has 0 aliphatic carbocycles. The standard InChI is InChI=1S/C6H8FNO4/c7-3-1-4(5(9)10)8(2-3)6(11)12/h3-4H,1-2H2,(H,9,10)(H,11,12)/t3-,4+/m1/s1. The van der Waals surface area contributed by atoms with Gasteiger partial charge in [0.2, 0.25) is 0 Å². The number of hydrogen-bond donors (Lipinski definition) is 2. The van der Waals surface area contributed by atoms with Gasteiger partial charge in [-0.1, -0.05) is 0 Å². The monoisotopic (exact) mass is 177 g/mol. The highest BCUT2D eigenvalue weighted by atomic mass is 19.1. The van der Waals surface area contributed by atoms with Crippen molar-refractivity contribution in [2.24, 2.45) is 0 Å². The van der Waals surface area contributed by atoms with Crippen LogP contribution >= 0.6 is 0 Å². The summed E-state index contributed by atoms with van der Waals surface area (Å²) in [7, 11) is 0. The highest BCUT2D eigenvalue weighted by molar-refractivity contribution is 5.80. The predicted molar refractivity (Wildman–Crippen MR) is 35.7 cm³/mol. The second-order valence-corrected chi connectivity index (χ2v) is 2.62. The summed E-state index contributed by atoms with van der Waals surface area (Å²) in [5.74, 6) is -1.29. The Kier molecular flexibility index (Phi) is 2.16. The summed E-state index contributed by atoms with van der Waals surface area (Å²) in [5, 5.41) is 16.9. The molecule has 1 amide bonds. The molecule has 12 heavy (non-hydrogen) atoms. The van der Waals surface area contributed by atoms with Crippen LogP contribution in [0.15, 0.2) is 0 Å². The minimum Gasteiger partial charge on any atom is -0.480 e. The van der Waals surface area contributed by atoms with Crippen molar-refractivity contribution in [2.45, 2.75) is 18.6 Å². The zero-order chi connectivity index (χ0) is 9.30. The molecule has 0 spiro atoms. The molecule has 0 saturated carbocycles. The number of hydrogen-bond acceptors (Lipinski definition) is 2. The van der Waals surface area contributed by atoms with Crippen molar-refractivity contribution in [3.63, 3.8) is 0 Å². The van der Waals surface area contributed by atoms with E-state index in [1.165, 1.54) is 0 Å². The van der Waals surface area contributed by atoms with Crippen molar-refractivity contribution in [2.75, 3.05) is 6.54 Å². The Morgan fingerprint density at radius 1 is 1.42 bits per heavy atom. The maximum Gasteiger partial charge on any atom is 0.408 e. The van der Waals surface area contributed by atoms with Crippen molar-refractivity contribution in [3.05, 3.63) is 0 Å². The van der Waals surface area contributed by atoms with Gasteiger partial charge in [-0.05, 0) is 0 Å². The molecule has 0 bridgehead atoms. The number of carboxylic acids is 1. The molecule has 0 aromatic rings. The lowest BCUT2D eigenvalue weighted by Gasteiger charge is -2.16. The van der Waals surface area contributed by atoms with Gasteiger partial charge in [0, 0.05) is 6.42 Å². The Hall–Kier alpha value is -1.33. The van der Waals surface area contributed by atoms with E-state index in [4.69, 9.17) is 10.2 Å². The fourth-order valence-corrected chi connectivity index (χ4v) is 1.23. The normalized spacial score (nSPS) is 28.9. The molecule has 2 atom stereocenters. The molecular weight excluding hydrogens is 169 g/mol. The molecule has 1 aliphatic heterocycles. The zero-order valence-electron chi connectivity index (χ0n) is 6.11. The third kappa shape index (κ3) is 1.46. The molecule has 5 nitrogen and oxygen atoms in total. The molecule has 1 saturated heterocycles. The second kappa shape index (κ2) is 2.96. The van der Waals surface area contributed by atoms with Crippen LogP contribution in [0.1, 0.15) is 6.42 Å². The lowest BCUT2D eigenvalue weighted by atomic mass is 10.2. The Balaban J connectivity index is 2.72. The van der Waals surface area contributed by atoms with Crippen molar-refractivity contribution in [3.8, 4) is 0 Å². The van der Waals surface area contributed by atoms with Crippen molar-refractivity contribution in [1.82, 2.24) is 4.90 Å². The number of rotatable bonds is 1. The van der Waals surface area contributed by atoms with Crippen LogP contribution < -0.4 is 0 Å². The number of nitrogens with zero attached hydrogens (tertiary/aromatic N) is 1. The van der Waals surface area contributed by atoms with Gasteiger partial charge in [-0.3, -0.25) is 4.90 Å². The highest BCUT2D eigenvalue weighted by Crippen LogP contribution is 2.20. The first-order valence-electron chi connectivity index (χ1n) is 3.39. The molecule has 2 N–H and O–H groups in total. The summed E-state index contributed by atoms with van der Waals surface area (Å²) in [6, 6.07) is -1.22. The summed E-state index contributed by atoms with van der Waals surface area (Å²) in [4.78, 5) is 21.4. The van der Waals surface area contributed by atoms with Crippen molar-refractivity contribution < 1.29 is 24.2 Å². The van der Waals surface area contributed by atoms with Crippen LogP contribution in [0.4, 0.5) is 9.18 Å². The number of alkyl halides is 1. The first-order valence-corrected chi connectivity index (χ1v) is 3.39. The minimum absolute atomic E-state index is 0.248. The number of carboxylic acid groups (broad SMARTS) is 2. The molecule has 0 radical (unpaired) electrons. The largest absolute Gasteiger partial charge is 0.480 e. The zero-order valence-corrected chi connectivity index (χ0v) is 6.11. The van der Waals surface area contributed by atoms with E-state index in [0.717, 1.165) is 0 Å². The Morgan fingerprint density at radius 3 is 2.33 bits per heavy atom. The lowest BCUT2D eigenvalue weighted by Crippen LogP contribution is -2.39. The minimum atomic E-state index is -1.39. The molecular formula is C6H8FNO4. The summed E-state index contributed by atoms with van der Waals surface area (Å²) >= 11 is 0. The van der Waals surface area contributed by atoms with Crippen LogP contribution in [0.25, 0.3) is 0 Å². The van der Waals surface area contributed by atoms with Gasteiger partial charge in [0.25, 0.3) is 0 Å². The quantitative estimate of drug-likeness (QED) is 0.598. The van der Waals surface area contributed by atoms with Gasteiger partial charge in [0.1, 0.15) is 12.2 Å². The van der Waals surface area contributed by atoms with Gasteiger partial charge < -0.3 is 10.2 Å². The third-order valence-electron chi connectivity index (χ3n) is 1.78. The lowest BCUT2D eigenvalue weighted by molar-refractivity contribution is -0.141. The maximum absolute atomic E-state index is 12.6. The number of aliphatic carboxylic acids is 1. The van der Waals surface area contributed by atoms with Crippen molar-refractivity contribution >= 4 is 12.1 Å². The molecule has 1 fully saturated rings. The maximum atomic E-state index is 12.6. The first-order chi connectivity index (χ1) is 5.52. The van der Waals surface area contributed by atoms with Gasteiger partial charge >= 0.3 is 12.1 Å². The van der Waals surface area contributed by atoms with Gasteiger partial charge in [0.05, 0.1) is 6.54 Å². The molecule has 68 valence electrons. The molecule has 6 heteroatoms. The van der Waals surface area contributed by atoms with Gasteiger partial charge in [-0.15, -0.1) is 0 Å². The van der Waals surface area contributed by atoms with E-state index in [9.17, 15) is 14.0 Å². The average Bonchev–Trinajstić information content (AvgIpc) is 2.31. The van der Waals surface area contributed by atoms with E-state index in [2.05, 4.69) is 0 Å². The van der Waals surface area contributed by atoms with E-state index >= 15 is 0 Å². The molecule has 1 rings (SSSR count). The first kappa shape index (κ1) is 8.76. The van der Waals surface area contributed by atoms with Crippen LogP contribution in [-0.4, -0.2) is 45.9 Å². The van der Waals surface area contributed by atoms with Crippen LogP contribution in [0.3, 0.4) is 0 Å². The number of halogens is 1. The summed E-state index contributed by atoms with van der Waals surface area (Å²) in [5.41, 5.74) is 0. The van der Waals surface area contributed by atoms with Gasteiger partial charge in [-0.2, -0.15) is 0 Å². The summed E-state index contributed by atoms with van der Waals surface area (Å²) < 4.78 is 12.6. The summed E-state index contributed by atoms with van der Waals surface area (Å²) in [6.45, 7) is -0.341. The molecule has 0 unspecified atom stereocenters. The number of amides is 1. The van der Waals surface area contributed by atoms with Crippen LogP contribution in [0.5, 0.6) is 0 Å².